The summed E-state index contributed by atoms with van der Waals surface area (Å²) in [6.45, 7) is 7.16. The Morgan fingerprint density at radius 2 is 1.91 bits per heavy atom. The predicted molar refractivity (Wildman–Crippen MR) is 135 cm³/mol. The third-order valence-corrected chi connectivity index (χ3v) is 7.21. The Hall–Kier alpha value is -2.49. The van der Waals surface area contributed by atoms with E-state index in [-0.39, 0.29) is 6.61 Å². The van der Waals surface area contributed by atoms with Crippen LogP contribution in [0.3, 0.4) is 0 Å². The van der Waals surface area contributed by atoms with Crippen LogP contribution in [0, 0.1) is 6.92 Å². The van der Waals surface area contributed by atoms with E-state index in [1.807, 2.05) is 55.5 Å². The lowest BCUT2D eigenvalue weighted by Crippen LogP contribution is -2.48. The zero-order chi connectivity index (χ0) is 23.5. The van der Waals surface area contributed by atoms with Crippen LogP contribution in [0.15, 0.2) is 53.1 Å². The molecule has 7 nitrogen and oxygen atoms in total. The maximum atomic E-state index is 10.5. The van der Waals surface area contributed by atoms with Gasteiger partial charge in [0.15, 0.2) is 5.76 Å². The number of aromatic nitrogens is 2. The second kappa shape index (κ2) is 10.4. The van der Waals surface area contributed by atoms with E-state index in [0.29, 0.717) is 17.3 Å². The lowest BCUT2D eigenvalue weighted by Gasteiger charge is -2.35. The van der Waals surface area contributed by atoms with Crippen molar-refractivity contribution in [3.8, 4) is 17.1 Å². The second-order valence-corrected chi connectivity index (χ2v) is 10.2. The zero-order valence-corrected chi connectivity index (χ0v) is 20.6. The van der Waals surface area contributed by atoms with Crippen LogP contribution in [-0.2, 0) is 6.54 Å². The molecule has 1 fully saturated rings. The first-order valence-electron chi connectivity index (χ1n) is 11.4. The molecule has 1 atom stereocenters. The van der Waals surface area contributed by atoms with Gasteiger partial charge in [-0.05, 0) is 31.2 Å². The molecule has 0 bridgehead atoms. The number of fused-ring (bicyclic) bond motifs is 1. The number of β-amino-alcohol motifs (C(OH)–C–C–N with tert-alkyl or cyclic N) is 1. The Morgan fingerprint density at radius 1 is 1.12 bits per heavy atom. The van der Waals surface area contributed by atoms with Gasteiger partial charge in [0.2, 0.25) is 0 Å². The summed E-state index contributed by atoms with van der Waals surface area (Å²) >= 11 is 7.93. The van der Waals surface area contributed by atoms with E-state index >= 15 is 0 Å². The number of halogens is 1. The first-order valence-corrected chi connectivity index (χ1v) is 12.6. The van der Waals surface area contributed by atoms with Gasteiger partial charge in [0, 0.05) is 57.0 Å². The smallest absolute Gasteiger partial charge is 0.168 e. The number of aliphatic hydroxyl groups excluding tert-OH is 1. The summed E-state index contributed by atoms with van der Waals surface area (Å²) < 4.78 is 12.5. The Balaban J connectivity index is 1.06. The zero-order valence-electron chi connectivity index (χ0n) is 19.0. The number of aryl methyl sites for hydroxylation is 1. The first kappa shape index (κ1) is 23.3. The molecular weight excluding hydrogens is 472 g/mol. The van der Waals surface area contributed by atoms with Gasteiger partial charge in [-0.25, -0.2) is 4.98 Å². The van der Waals surface area contributed by atoms with Gasteiger partial charge < -0.3 is 14.4 Å². The fraction of sp³-hybridized carbons (Fsp3) is 0.360. The number of aliphatic hydroxyl groups is 1. The topological polar surface area (TPSA) is 74.9 Å². The highest BCUT2D eigenvalue weighted by Crippen LogP contribution is 2.28. The standard InChI is InChI=1S/C25H27ClN4O3S/c1-17-27-23-13-20(6-7-25(23)34-17)32-16-19(31)15-30-10-8-29(9-11-30)14-18-12-24(33-28-18)21-4-2-3-5-22(21)26/h2-7,12-13,19,31H,8-11,14-16H2,1H3/t19-/m0/s1. The lowest BCUT2D eigenvalue weighted by atomic mass is 10.1. The van der Waals surface area contributed by atoms with Crippen molar-refractivity contribution in [3.05, 3.63) is 64.3 Å². The molecular formula is C25H27ClN4O3S. The number of rotatable bonds is 8. The number of thiazole rings is 1. The van der Waals surface area contributed by atoms with E-state index in [1.54, 1.807) is 11.3 Å². The van der Waals surface area contributed by atoms with Gasteiger partial charge in [0.1, 0.15) is 18.5 Å². The Kier molecular flexibility index (Phi) is 7.12. The van der Waals surface area contributed by atoms with Crippen molar-refractivity contribution < 1.29 is 14.4 Å². The number of hydrogen-bond acceptors (Lipinski definition) is 8. The molecule has 1 saturated heterocycles. The van der Waals surface area contributed by atoms with Crippen molar-refractivity contribution >= 4 is 33.2 Å². The van der Waals surface area contributed by atoms with Gasteiger partial charge in [-0.15, -0.1) is 11.3 Å². The summed E-state index contributed by atoms with van der Waals surface area (Å²) in [6.07, 6.45) is -0.548. The number of nitrogens with zero attached hydrogens (tertiary/aromatic N) is 4. The molecule has 5 rings (SSSR count). The molecule has 0 aliphatic carbocycles. The number of hydrogen-bond donors (Lipinski definition) is 1. The molecule has 4 aromatic rings. The van der Waals surface area contributed by atoms with Crippen molar-refractivity contribution in [1.29, 1.82) is 0 Å². The fourth-order valence-corrected chi connectivity index (χ4v) is 5.23. The van der Waals surface area contributed by atoms with E-state index in [9.17, 15) is 5.11 Å². The molecule has 178 valence electrons. The fourth-order valence-electron chi connectivity index (χ4n) is 4.19. The van der Waals surface area contributed by atoms with Gasteiger partial charge in [0.05, 0.1) is 25.9 Å². The molecule has 0 saturated carbocycles. The van der Waals surface area contributed by atoms with Gasteiger partial charge in [-0.3, -0.25) is 9.80 Å². The van der Waals surface area contributed by atoms with Gasteiger partial charge in [-0.2, -0.15) is 0 Å². The van der Waals surface area contributed by atoms with E-state index in [1.165, 1.54) is 0 Å². The molecule has 1 aliphatic rings. The summed E-state index contributed by atoms with van der Waals surface area (Å²) in [6, 6.07) is 15.5. The van der Waals surface area contributed by atoms with Crippen LogP contribution in [0.1, 0.15) is 10.7 Å². The summed E-state index contributed by atoms with van der Waals surface area (Å²) in [5.41, 5.74) is 2.69. The average molecular weight is 499 g/mol. The predicted octanol–water partition coefficient (Wildman–Crippen LogP) is 4.47. The van der Waals surface area contributed by atoms with Gasteiger partial charge >= 0.3 is 0 Å². The quantitative estimate of drug-likeness (QED) is 0.384. The number of piperazine rings is 1. The van der Waals surface area contributed by atoms with Crippen LogP contribution in [0.5, 0.6) is 5.75 Å². The normalized spacial score (nSPS) is 16.2. The van der Waals surface area contributed by atoms with Crippen molar-refractivity contribution in [2.75, 3.05) is 39.3 Å². The highest BCUT2D eigenvalue weighted by atomic mass is 35.5. The number of ether oxygens (including phenoxy) is 1. The van der Waals surface area contributed by atoms with Crippen molar-refractivity contribution in [2.45, 2.75) is 19.6 Å². The molecule has 34 heavy (non-hydrogen) atoms. The second-order valence-electron chi connectivity index (χ2n) is 8.57. The SMILES string of the molecule is Cc1nc2cc(OC[C@@H](O)CN3CCN(Cc4cc(-c5ccccc5Cl)on4)CC3)ccc2s1. The minimum Gasteiger partial charge on any atom is -0.491 e. The van der Waals surface area contributed by atoms with Crippen LogP contribution in [0.4, 0.5) is 0 Å². The molecule has 9 heteroatoms. The highest BCUT2D eigenvalue weighted by Gasteiger charge is 2.21. The summed E-state index contributed by atoms with van der Waals surface area (Å²) in [5, 5.41) is 16.4. The average Bonchev–Trinajstić information content (AvgIpc) is 3.44. The van der Waals surface area contributed by atoms with Crippen LogP contribution < -0.4 is 4.74 Å². The van der Waals surface area contributed by atoms with Crippen molar-refractivity contribution in [3.63, 3.8) is 0 Å². The highest BCUT2D eigenvalue weighted by molar-refractivity contribution is 7.18. The summed E-state index contributed by atoms with van der Waals surface area (Å²) in [4.78, 5) is 9.12. The maximum Gasteiger partial charge on any atom is 0.168 e. The van der Waals surface area contributed by atoms with Gasteiger partial charge in [-0.1, -0.05) is 28.9 Å². The minimum atomic E-state index is -0.548. The van der Waals surface area contributed by atoms with E-state index < -0.39 is 6.10 Å². The Bertz CT molecular complexity index is 1250. The molecule has 0 unspecified atom stereocenters. The summed E-state index contributed by atoms with van der Waals surface area (Å²) in [5.74, 6) is 1.43. The Labute approximate surface area is 207 Å². The van der Waals surface area contributed by atoms with E-state index in [4.69, 9.17) is 20.9 Å². The number of benzene rings is 2. The van der Waals surface area contributed by atoms with Crippen LogP contribution >= 0.6 is 22.9 Å². The molecule has 1 N–H and O–H groups in total. The molecule has 0 spiro atoms. The lowest BCUT2D eigenvalue weighted by molar-refractivity contribution is 0.0442. The van der Waals surface area contributed by atoms with E-state index in [0.717, 1.165) is 65.0 Å². The molecule has 3 heterocycles. The van der Waals surface area contributed by atoms with Crippen LogP contribution in [0.25, 0.3) is 21.5 Å². The van der Waals surface area contributed by atoms with Crippen LogP contribution in [0.2, 0.25) is 5.02 Å². The molecule has 2 aromatic heterocycles. The van der Waals surface area contributed by atoms with Crippen LogP contribution in [-0.4, -0.2) is 70.5 Å². The maximum absolute atomic E-state index is 10.5. The molecule has 2 aromatic carbocycles. The largest absolute Gasteiger partial charge is 0.491 e. The monoisotopic (exact) mass is 498 g/mol. The molecule has 1 aliphatic heterocycles. The van der Waals surface area contributed by atoms with E-state index in [2.05, 4.69) is 19.9 Å². The molecule has 0 amide bonds. The minimum absolute atomic E-state index is 0.263. The summed E-state index contributed by atoms with van der Waals surface area (Å²) in [7, 11) is 0. The van der Waals surface area contributed by atoms with Gasteiger partial charge in [0.25, 0.3) is 0 Å². The molecule has 0 radical (unpaired) electrons. The van der Waals surface area contributed by atoms with Crippen molar-refractivity contribution in [1.82, 2.24) is 19.9 Å². The first-order chi connectivity index (χ1) is 16.5. The third kappa shape index (κ3) is 5.59. The Morgan fingerprint density at radius 3 is 2.74 bits per heavy atom. The third-order valence-electron chi connectivity index (χ3n) is 5.93. The van der Waals surface area contributed by atoms with Crippen molar-refractivity contribution in [2.24, 2.45) is 0 Å².